The Hall–Kier alpha value is -3.66. The first-order valence-electron chi connectivity index (χ1n) is 9.05. The summed E-state index contributed by atoms with van der Waals surface area (Å²) in [5.41, 5.74) is 0.535. The Morgan fingerprint density at radius 3 is 2.39 bits per heavy atom. The second-order valence-corrected chi connectivity index (χ2v) is 8.16. The van der Waals surface area contributed by atoms with Gasteiger partial charge in [-0.3, -0.25) is 14.1 Å². The number of hydrogen-bond donors (Lipinski definition) is 1. The van der Waals surface area contributed by atoms with Gasteiger partial charge in [0.25, 0.3) is 10.0 Å². The number of nitrogens with one attached hydrogen (secondary N) is 1. The summed E-state index contributed by atoms with van der Waals surface area (Å²) in [4.78, 5) is 16.4. The van der Waals surface area contributed by atoms with E-state index in [1.54, 1.807) is 18.3 Å². The standard InChI is InChI=1S/C21H20FN3O5S/c1-29-19-10-9-18(12-20(19)30-2)31(27,28)25(17-7-5-15(22)6-8-17)14-21(26)24-16-4-3-11-23-13-16/h3-13H,14H2,1-2H3,(H,24,26). The molecule has 0 aliphatic heterocycles. The van der Waals surface area contributed by atoms with Crippen LogP contribution in [-0.2, 0) is 14.8 Å². The number of halogens is 1. The highest BCUT2D eigenvalue weighted by Gasteiger charge is 2.28. The van der Waals surface area contributed by atoms with Crippen molar-refractivity contribution < 1.29 is 27.1 Å². The van der Waals surface area contributed by atoms with Gasteiger partial charge in [0.15, 0.2) is 11.5 Å². The quantitative estimate of drug-likeness (QED) is 0.572. The van der Waals surface area contributed by atoms with Crippen molar-refractivity contribution in [2.24, 2.45) is 0 Å². The summed E-state index contributed by atoms with van der Waals surface area (Å²) in [5.74, 6) is -0.569. The Morgan fingerprint density at radius 2 is 1.77 bits per heavy atom. The Morgan fingerprint density at radius 1 is 1.06 bits per heavy atom. The number of nitrogens with zero attached hydrogens (tertiary/aromatic N) is 2. The minimum Gasteiger partial charge on any atom is -0.493 e. The van der Waals surface area contributed by atoms with Crippen LogP contribution in [0.5, 0.6) is 11.5 Å². The van der Waals surface area contributed by atoms with E-state index in [0.29, 0.717) is 11.4 Å². The largest absolute Gasteiger partial charge is 0.493 e. The fourth-order valence-corrected chi connectivity index (χ4v) is 4.23. The van der Waals surface area contributed by atoms with Gasteiger partial charge in [-0.2, -0.15) is 0 Å². The van der Waals surface area contributed by atoms with Gasteiger partial charge in [-0.05, 0) is 48.5 Å². The predicted octanol–water partition coefficient (Wildman–Crippen LogP) is 3.07. The second-order valence-electron chi connectivity index (χ2n) is 6.29. The third-order valence-electron chi connectivity index (χ3n) is 4.29. The maximum absolute atomic E-state index is 13.4. The highest BCUT2D eigenvalue weighted by Crippen LogP contribution is 2.32. The summed E-state index contributed by atoms with van der Waals surface area (Å²) < 4.78 is 51.5. The molecule has 1 amide bonds. The van der Waals surface area contributed by atoms with E-state index in [4.69, 9.17) is 9.47 Å². The molecule has 0 unspecified atom stereocenters. The van der Waals surface area contributed by atoms with Crippen molar-refractivity contribution in [1.29, 1.82) is 0 Å². The molecule has 1 aromatic heterocycles. The molecule has 0 aliphatic carbocycles. The van der Waals surface area contributed by atoms with Gasteiger partial charge in [0, 0.05) is 12.3 Å². The lowest BCUT2D eigenvalue weighted by atomic mass is 10.3. The maximum atomic E-state index is 13.4. The number of carbonyl (C=O) groups excluding carboxylic acids is 1. The van der Waals surface area contributed by atoms with Crippen molar-refractivity contribution in [2.75, 3.05) is 30.4 Å². The van der Waals surface area contributed by atoms with E-state index < -0.39 is 28.3 Å². The fourth-order valence-electron chi connectivity index (χ4n) is 2.79. The first-order chi connectivity index (χ1) is 14.8. The molecule has 162 valence electrons. The van der Waals surface area contributed by atoms with E-state index in [9.17, 15) is 17.6 Å². The number of benzene rings is 2. The normalized spacial score (nSPS) is 10.9. The number of aromatic nitrogens is 1. The van der Waals surface area contributed by atoms with Crippen molar-refractivity contribution >= 4 is 27.3 Å². The molecular weight excluding hydrogens is 425 g/mol. The summed E-state index contributed by atoms with van der Waals surface area (Å²) in [6.45, 7) is -0.544. The molecule has 3 rings (SSSR count). The van der Waals surface area contributed by atoms with Gasteiger partial charge in [0.2, 0.25) is 5.91 Å². The molecular formula is C21H20FN3O5S. The van der Waals surface area contributed by atoms with Gasteiger partial charge in [0.1, 0.15) is 12.4 Å². The highest BCUT2D eigenvalue weighted by molar-refractivity contribution is 7.92. The van der Waals surface area contributed by atoms with Crippen molar-refractivity contribution in [3.05, 3.63) is 72.8 Å². The number of carbonyl (C=O) groups is 1. The molecule has 10 heteroatoms. The Bertz CT molecular complexity index is 1160. The summed E-state index contributed by atoms with van der Waals surface area (Å²) in [6.07, 6.45) is 2.98. The Kier molecular flexibility index (Phi) is 6.71. The van der Waals surface area contributed by atoms with Gasteiger partial charge < -0.3 is 14.8 Å². The van der Waals surface area contributed by atoms with E-state index in [1.165, 1.54) is 50.7 Å². The first-order valence-corrected chi connectivity index (χ1v) is 10.5. The monoisotopic (exact) mass is 445 g/mol. The van der Waals surface area contributed by atoms with Crippen LogP contribution in [0.2, 0.25) is 0 Å². The molecule has 0 aliphatic rings. The Balaban J connectivity index is 1.99. The van der Waals surface area contributed by atoms with Gasteiger partial charge in [0.05, 0.1) is 36.7 Å². The minimum atomic E-state index is -4.21. The maximum Gasteiger partial charge on any atom is 0.264 e. The molecule has 0 fully saturated rings. The molecule has 3 aromatic rings. The SMILES string of the molecule is COc1ccc(S(=O)(=O)N(CC(=O)Nc2cccnc2)c2ccc(F)cc2)cc1OC. The molecule has 0 saturated heterocycles. The summed E-state index contributed by atoms with van der Waals surface area (Å²) in [5, 5.41) is 2.59. The molecule has 1 N–H and O–H groups in total. The third kappa shape index (κ3) is 5.10. The molecule has 0 radical (unpaired) electrons. The number of rotatable bonds is 8. The van der Waals surface area contributed by atoms with Crippen LogP contribution < -0.4 is 19.1 Å². The minimum absolute atomic E-state index is 0.122. The van der Waals surface area contributed by atoms with Crippen LogP contribution in [0.4, 0.5) is 15.8 Å². The van der Waals surface area contributed by atoms with Crippen molar-refractivity contribution in [2.45, 2.75) is 4.90 Å². The zero-order valence-corrected chi connectivity index (χ0v) is 17.6. The lowest BCUT2D eigenvalue weighted by Crippen LogP contribution is -2.38. The molecule has 0 bridgehead atoms. The zero-order valence-electron chi connectivity index (χ0n) is 16.8. The number of amides is 1. The molecule has 31 heavy (non-hydrogen) atoms. The van der Waals surface area contributed by atoms with Gasteiger partial charge in [-0.1, -0.05) is 0 Å². The van der Waals surface area contributed by atoms with Crippen LogP contribution in [0.15, 0.2) is 71.9 Å². The predicted molar refractivity (Wildman–Crippen MR) is 113 cm³/mol. The van der Waals surface area contributed by atoms with E-state index in [-0.39, 0.29) is 16.3 Å². The van der Waals surface area contributed by atoms with Crippen LogP contribution in [0.3, 0.4) is 0 Å². The molecule has 1 heterocycles. The number of hydrogen-bond acceptors (Lipinski definition) is 6. The van der Waals surface area contributed by atoms with Crippen LogP contribution in [0.1, 0.15) is 0 Å². The van der Waals surface area contributed by atoms with Crippen LogP contribution in [0, 0.1) is 5.82 Å². The highest BCUT2D eigenvalue weighted by atomic mass is 32.2. The van der Waals surface area contributed by atoms with Crippen molar-refractivity contribution in [3.63, 3.8) is 0 Å². The fraction of sp³-hybridized carbons (Fsp3) is 0.143. The summed E-state index contributed by atoms with van der Waals surface area (Å²) in [6, 6.07) is 12.1. The number of sulfonamides is 1. The summed E-state index contributed by atoms with van der Waals surface area (Å²) in [7, 11) is -1.40. The zero-order chi connectivity index (χ0) is 22.4. The average molecular weight is 445 g/mol. The van der Waals surface area contributed by atoms with Gasteiger partial charge >= 0.3 is 0 Å². The molecule has 8 nitrogen and oxygen atoms in total. The third-order valence-corrected chi connectivity index (χ3v) is 6.06. The topological polar surface area (TPSA) is 97.8 Å². The van der Waals surface area contributed by atoms with E-state index in [0.717, 1.165) is 16.4 Å². The Labute approximate surface area is 179 Å². The van der Waals surface area contributed by atoms with Crippen LogP contribution >= 0.6 is 0 Å². The lowest BCUT2D eigenvalue weighted by Gasteiger charge is -2.24. The van der Waals surface area contributed by atoms with Crippen molar-refractivity contribution in [3.8, 4) is 11.5 Å². The molecule has 2 aromatic carbocycles. The van der Waals surface area contributed by atoms with Crippen molar-refractivity contribution in [1.82, 2.24) is 4.98 Å². The van der Waals surface area contributed by atoms with E-state index in [2.05, 4.69) is 10.3 Å². The number of pyridine rings is 1. The van der Waals surface area contributed by atoms with Crippen LogP contribution in [-0.4, -0.2) is 40.1 Å². The molecule has 0 spiro atoms. The van der Waals surface area contributed by atoms with E-state index in [1.807, 2.05) is 0 Å². The summed E-state index contributed by atoms with van der Waals surface area (Å²) >= 11 is 0. The first kappa shape index (κ1) is 22.0. The molecule has 0 saturated carbocycles. The van der Waals surface area contributed by atoms with Crippen LogP contribution in [0.25, 0.3) is 0 Å². The van der Waals surface area contributed by atoms with E-state index >= 15 is 0 Å². The lowest BCUT2D eigenvalue weighted by molar-refractivity contribution is -0.114. The van der Waals surface area contributed by atoms with Gasteiger partial charge in [-0.25, -0.2) is 12.8 Å². The second kappa shape index (κ2) is 9.43. The number of ether oxygens (including phenoxy) is 2. The molecule has 0 atom stereocenters. The number of anilines is 2. The van der Waals surface area contributed by atoms with Gasteiger partial charge in [-0.15, -0.1) is 0 Å². The number of methoxy groups -OCH3 is 2. The average Bonchev–Trinajstić information content (AvgIpc) is 2.78. The smallest absolute Gasteiger partial charge is 0.264 e.